The van der Waals surface area contributed by atoms with Gasteiger partial charge in [0.1, 0.15) is 6.23 Å². The van der Waals surface area contributed by atoms with Gasteiger partial charge in [-0.25, -0.2) is 0 Å². The van der Waals surface area contributed by atoms with E-state index < -0.39 is 6.23 Å². The summed E-state index contributed by atoms with van der Waals surface area (Å²) in [6, 6.07) is 14.8. The quantitative estimate of drug-likeness (QED) is 0.520. The first-order valence-corrected chi connectivity index (χ1v) is 10.7. The summed E-state index contributed by atoms with van der Waals surface area (Å²) in [5, 5.41) is 16.7. The van der Waals surface area contributed by atoms with Gasteiger partial charge in [-0.05, 0) is 61.0 Å². The first kappa shape index (κ1) is 20.1. The highest BCUT2D eigenvalue weighted by atomic mass is 16.3. The molecule has 2 fully saturated rings. The van der Waals surface area contributed by atoms with Gasteiger partial charge in [-0.15, -0.1) is 0 Å². The largest absolute Gasteiger partial charge is 0.374 e. The molecule has 152 valence electrons. The van der Waals surface area contributed by atoms with Crippen LogP contribution in [0.4, 0.5) is 0 Å². The summed E-state index contributed by atoms with van der Waals surface area (Å²) in [4.78, 5) is 2.53. The van der Waals surface area contributed by atoms with Crippen LogP contribution in [0.5, 0.6) is 0 Å². The van der Waals surface area contributed by atoms with Gasteiger partial charge in [0.25, 0.3) is 0 Å². The molecule has 1 spiro atoms. The summed E-state index contributed by atoms with van der Waals surface area (Å²) in [5.41, 5.74) is 2.62. The Labute approximate surface area is 174 Å². The Morgan fingerprint density at radius 1 is 1.24 bits per heavy atom. The zero-order valence-electron chi connectivity index (χ0n) is 17.3. The molecular formula is C26H32N2O. The lowest BCUT2D eigenvalue weighted by Gasteiger charge is -2.33. The molecule has 2 aromatic rings. The second-order valence-electron chi connectivity index (χ2n) is 8.50. The lowest BCUT2D eigenvalue weighted by Crippen LogP contribution is -2.39. The van der Waals surface area contributed by atoms with E-state index in [1.165, 1.54) is 30.2 Å². The van der Waals surface area contributed by atoms with Crippen molar-refractivity contribution in [3.8, 4) is 0 Å². The molecule has 1 saturated carbocycles. The summed E-state index contributed by atoms with van der Waals surface area (Å²) in [6.07, 6.45) is 11.2. The molecule has 2 aromatic carbocycles. The number of aliphatic hydroxyl groups excluding tert-OH is 1. The molecule has 2 unspecified atom stereocenters. The number of benzene rings is 2. The minimum atomic E-state index is -0.611. The van der Waals surface area contributed by atoms with Gasteiger partial charge in [-0.3, -0.25) is 10.2 Å². The number of piperidine rings is 1. The summed E-state index contributed by atoms with van der Waals surface area (Å²) in [5.74, 6) is 0. The van der Waals surface area contributed by atoms with Gasteiger partial charge < -0.3 is 5.11 Å². The topological polar surface area (TPSA) is 35.5 Å². The van der Waals surface area contributed by atoms with Crippen molar-refractivity contribution in [2.75, 3.05) is 19.6 Å². The van der Waals surface area contributed by atoms with Crippen LogP contribution in [0, 0.1) is 5.41 Å². The fourth-order valence-electron chi connectivity index (χ4n) is 4.72. The molecule has 0 aromatic heterocycles. The SMILES string of the molecule is C=C/C(=C\C=C/C)CN1CCC2(CC1)CC2NC(O)c1cccc2ccccc12. The highest BCUT2D eigenvalue weighted by molar-refractivity contribution is 5.85. The summed E-state index contributed by atoms with van der Waals surface area (Å²) in [7, 11) is 0. The van der Waals surface area contributed by atoms with Crippen LogP contribution in [0.1, 0.15) is 38.0 Å². The molecule has 0 bridgehead atoms. The predicted octanol–water partition coefficient (Wildman–Crippen LogP) is 4.96. The van der Waals surface area contributed by atoms with E-state index >= 15 is 0 Å². The normalized spacial score (nSPS) is 23.0. The number of allylic oxidation sites excluding steroid dienone is 3. The Balaban J connectivity index is 1.34. The highest BCUT2D eigenvalue weighted by Gasteiger charge is 2.55. The second-order valence-corrected chi connectivity index (χ2v) is 8.50. The molecule has 0 amide bonds. The van der Waals surface area contributed by atoms with E-state index in [0.29, 0.717) is 11.5 Å². The monoisotopic (exact) mass is 388 g/mol. The molecule has 2 aliphatic rings. The lowest BCUT2D eigenvalue weighted by atomic mass is 9.92. The van der Waals surface area contributed by atoms with Crippen LogP contribution in [0.3, 0.4) is 0 Å². The van der Waals surface area contributed by atoms with Crippen molar-refractivity contribution in [3.63, 3.8) is 0 Å². The molecule has 1 aliphatic carbocycles. The molecule has 1 saturated heterocycles. The van der Waals surface area contributed by atoms with Crippen LogP contribution in [0.2, 0.25) is 0 Å². The minimum absolute atomic E-state index is 0.365. The first-order valence-electron chi connectivity index (χ1n) is 10.7. The molecule has 2 N–H and O–H groups in total. The number of nitrogens with one attached hydrogen (secondary N) is 1. The minimum Gasteiger partial charge on any atom is -0.374 e. The Kier molecular flexibility index (Phi) is 6.00. The zero-order chi connectivity index (χ0) is 20.3. The fourth-order valence-corrected chi connectivity index (χ4v) is 4.72. The maximum absolute atomic E-state index is 10.9. The fraction of sp³-hybridized carbons (Fsp3) is 0.385. The van der Waals surface area contributed by atoms with E-state index in [1.54, 1.807) is 0 Å². The zero-order valence-corrected chi connectivity index (χ0v) is 17.3. The van der Waals surface area contributed by atoms with Gasteiger partial charge in [0, 0.05) is 18.2 Å². The Morgan fingerprint density at radius 3 is 2.76 bits per heavy atom. The van der Waals surface area contributed by atoms with E-state index in [1.807, 2.05) is 37.3 Å². The standard InChI is InChI=1S/C26H32N2O/c1-3-5-9-20(4-2)19-28-16-14-26(15-17-28)18-24(26)27-25(29)23-13-8-11-21-10-6-7-12-22(21)23/h3-13,24-25,27,29H,2,14-19H2,1H3/b5-3-,20-9+. The predicted molar refractivity (Wildman–Crippen MR) is 122 cm³/mol. The van der Waals surface area contributed by atoms with Crippen LogP contribution < -0.4 is 5.32 Å². The van der Waals surface area contributed by atoms with E-state index in [9.17, 15) is 5.11 Å². The summed E-state index contributed by atoms with van der Waals surface area (Å²) < 4.78 is 0. The second kappa shape index (κ2) is 8.66. The average molecular weight is 389 g/mol. The molecule has 0 radical (unpaired) electrons. The third-order valence-corrected chi connectivity index (χ3v) is 6.69. The highest BCUT2D eigenvalue weighted by Crippen LogP contribution is 2.54. The van der Waals surface area contributed by atoms with E-state index in [2.05, 4.69) is 53.2 Å². The molecule has 29 heavy (non-hydrogen) atoms. The molecule has 1 aliphatic heterocycles. The van der Waals surface area contributed by atoms with Crippen LogP contribution in [-0.4, -0.2) is 35.7 Å². The number of nitrogens with zero attached hydrogens (tertiary/aromatic N) is 1. The van der Waals surface area contributed by atoms with Gasteiger partial charge in [-0.2, -0.15) is 0 Å². The number of fused-ring (bicyclic) bond motifs is 1. The van der Waals surface area contributed by atoms with Crippen molar-refractivity contribution >= 4 is 10.8 Å². The smallest absolute Gasteiger partial charge is 0.131 e. The molecular weight excluding hydrogens is 356 g/mol. The van der Waals surface area contributed by atoms with Gasteiger partial charge in [0.2, 0.25) is 0 Å². The Bertz CT molecular complexity index is 916. The van der Waals surface area contributed by atoms with Crippen LogP contribution >= 0.6 is 0 Å². The van der Waals surface area contributed by atoms with E-state index in [-0.39, 0.29) is 0 Å². The van der Waals surface area contributed by atoms with Gasteiger partial charge in [0.05, 0.1) is 0 Å². The molecule has 1 heterocycles. The maximum atomic E-state index is 10.9. The first-order chi connectivity index (χ1) is 14.1. The number of aliphatic hydroxyl groups is 1. The van der Waals surface area contributed by atoms with Crippen molar-refractivity contribution in [1.29, 1.82) is 0 Å². The van der Waals surface area contributed by atoms with Crippen molar-refractivity contribution in [3.05, 3.63) is 84.5 Å². The molecule has 2 atom stereocenters. The van der Waals surface area contributed by atoms with E-state index in [0.717, 1.165) is 30.6 Å². The number of likely N-dealkylation sites (tertiary alicyclic amines) is 1. The van der Waals surface area contributed by atoms with Gasteiger partial charge >= 0.3 is 0 Å². The average Bonchev–Trinajstić information content (AvgIpc) is 3.42. The molecule has 3 nitrogen and oxygen atoms in total. The van der Waals surface area contributed by atoms with Crippen LogP contribution in [-0.2, 0) is 0 Å². The number of hydrogen-bond acceptors (Lipinski definition) is 3. The van der Waals surface area contributed by atoms with Gasteiger partial charge in [-0.1, -0.05) is 73.3 Å². The van der Waals surface area contributed by atoms with Gasteiger partial charge in [0.15, 0.2) is 0 Å². The van der Waals surface area contributed by atoms with E-state index in [4.69, 9.17) is 0 Å². The number of hydrogen-bond donors (Lipinski definition) is 2. The molecule has 4 rings (SSSR count). The maximum Gasteiger partial charge on any atom is 0.131 e. The lowest BCUT2D eigenvalue weighted by molar-refractivity contribution is 0.120. The third kappa shape index (κ3) is 4.37. The van der Waals surface area contributed by atoms with Crippen LogP contribution in [0.25, 0.3) is 10.8 Å². The third-order valence-electron chi connectivity index (χ3n) is 6.69. The summed E-state index contributed by atoms with van der Waals surface area (Å²) >= 11 is 0. The Hall–Kier alpha value is -2.20. The number of rotatable bonds is 7. The van der Waals surface area contributed by atoms with Crippen molar-refractivity contribution < 1.29 is 5.11 Å². The van der Waals surface area contributed by atoms with Crippen molar-refractivity contribution in [1.82, 2.24) is 10.2 Å². The molecule has 3 heteroatoms. The van der Waals surface area contributed by atoms with Crippen molar-refractivity contribution in [2.45, 2.75) is 38.5 Å². The van der Waals surface area contributed by atoms with Crippen LogP contribution in [0.15, 0.2) is 78.9 Å². The summed E-state index contributed by atoms with van der Waals surface area (Å²) in [6.45, 7) is 9.19. The van der Waals surface area contributed by atoms with Crippen molar-refractivity contribution in [2.24, 2.45) is 5.41 Å². The Morgan fingerprint density at radius 2 is 2.00 bits per heavy atom.